The van der Waals surface area contributed by atoms with E-state index < -0.39 is 0 Å². The first-order chi connectivity index (χ1) is 10.4. The molecule has 1 heterocycles. The Morgan fingerprint density at radius 3 is 2.00 bits per heavy atom. The molecule has 2 atom stereocenters. The average molecular weight is 295 g/mol. The maximum atomic E-state index is 5.75. The Morgan fingerprint density at radius 2 is 1.29 bits per heavy atom. The molecule has 1 rings (SSSR count). The summed E-state index contributed by atoms with van der Waals surface area (Å²) in [6.45, 7) is 4.55. The van der Waals surface area contributed by atoms with Gasteiger partial charge in [0, 0.05) is 0 Å². The number of allylic oxidation sites excluding steroid dienone is 1. The van der Waals surface area contributed by atoms with E-state index in [-0.39, 0.29) is 0 Å². The van der Waals surface area contributed by atoms with Crippen molar-refractivity contribution >= 4 is 0 Å². The number of epoxide rings is 1. The predicted molar refractivity (Wildman–Crippen MR) is 93.8 cm³/mol. The zero-order valence-electron chi connectivity index (χ0n) is 14.6. The largest absolute Gasteiger partial charge is 0.369 e. The molecule has 124 valence electrons. The molecule has 1 aliphatic rings. The highest BCUT2D eigenvalue weighted by molar-refractivity contribution is 4.93. The van der Waals surface area contributed by atoms with Crippen LogP contribution in [0.25, 0.3) is 0 Å². The van der Waals surface area contributed by atoms with Gasteiger partial charge in [-0.25, -0.2) is 0 Å². The molecular formula is C20H38O. The van der Waals surface area contributed by atoms with Crippen LogP contribution in [0.1, 0.15) is 104 Å². The summed E-state index contributed by atoms with van der Waals surface area (Å²) < 4.78 is 5.75. The van der Waals surface area contributed by atoms with Crippen molar-refractivity contribution in [2.45, 2.75) is 116 Å². The molecule has 0 aromatic heterocycles. The molecule has 0 radical (unpaired) electrons. The average Bonchev–Trinajstić information content (AvgIpc) is 3.24. The first kappa shape index (κ1) is 18.7. The second-order valence-corrected chi connectivity index (χ2v) is 6.68. The van der Waals surface area contributed by atoms with Crippen molar-refractivity contribution in [1.29, 1.82) is 0 Å². The minimum absolute atomic E-state index is 0.553. The first-order valence-electron chi connectivity index (χ1n) is 9.69. The standard InChI is InChI=1S/C20H38O/c1-3-5-7-9-11-12-14-16-18-20-19(21-20)17-15-13-10-8-6-4-2/h13,15,19-20H,3-12,14,16-18H2,1-2H3/t19-,20+/m0/s1. The van der Waals surface area contributed by atoms with Gasteiger partial charge in [0.15, 0.2) is 0 Å². The van der Waals surface area contributed by atoms with E-state index in [2.05, 4.69) is 26.0 Å². The van der Waals surface area contributed by atoms with Gasteiger partial charge in [-0.1, -0.05) is 90.2 Å². The van der Waals surface area contributed by atoms with Crippen LogP contribution in [0.4, 0.5) is 0 Å². The summed E-state index contributed by atoms with van der Waals surface area (Å²) >= 11 is 0. The molecule has 0 aliphatic carbocycles. The van der Waals surface area contributed by atoms with Gasteiger partial charge in [0.05, 0.1) is 12.2 Å². The van der Waals surface area contributed by atoms with E-state index in [0.717, 1.165) is 6.42 Å². The van der Waals surface area contributed by atoms with Crippen molar-refractivity contribution in [3.63, 3.8) is 0 Å². The van der Waals surface area contributed by atoms with E-state index in [1.165, 1.54) is 83.5 Å². The fraction of sp³-hybridized carbons (Fsp3) is 0.900. The first-order valence-corrected chi connectivity index (χ1v) is 9.69. The maximum Gasteiger partial charge on any atom is 0.0876 e. The normalized spacial score (nSPS) is 21.2. The number of hydrogen-bond acceptors (Lipinski definition) is 1. The highest BCUT2D eigenvalue weighted by atomic mass is 16.6. The Kier molecular flexibility index (Phi) is 11.9. The fourth-order valence-corrected chi connectivity index (χ4v) is 2.98. The van der Waals surface area contributed by atoms with Crippen LogP contribution in [0.5, 0.6) is 0 Å². The molecule has 0 saturated carbocycles. The van der Waals surface area contributed by atoms with Gasteiger partial charge in [-0.3, -0.25) is 0 Å². The number of ether oxygens (including phenoxy) is 1. The Bertz CT molecular complexity index is 246. The Labute approximate surface area is 133 Å². The van der Waals surface area contributed by atoms with Crippen molar-refractivity contribution in [3.8, 4) is 0 Å². The third-order valence-electron chi connectivity index (χ3n) is 4.54. The minimum atomic E-state index is 0.553. The predicted octanol–water partition coefficient (Wildman–Crippen LogP) is 6.81. The summed E-state index contributed by atoms with van der Waals surface area (Å²) in [6.07, 6.45) is 24.9. The van der Waals surface area contributed by atoms with E-state index >= 15 is 0 Å². The summed E-state index contributed by atoms with van der Waals surface area (Å²) in [5, 5.41) is 0. The van der Waals surface area contributed by atoms with Gasteiger partial charge in [-0.05, 0) is 25.7 Å². The summed E-state index contributed by atoms with van der Waals surface area (Å²) in [5.41, 5.74) is 0. The lowest BCUT2D eigenvalue weighted by Crippen LogP contribution is -1.93. The molecule has 0 spiro atoms. The third kappa shape index (κ3) is 11.0. The zero-order chi connectivity index (χ0) is 15.2. The van der Waals surface area contributed by atoms with Crippen LogP contribution in [0.3, 0.4) is 0 Å². The molecule has 0 unspecified atom stereocenters. The topological polar surface area (TPSA) is 12.5 Å². The smallest absolute Gasteiger partial charge is 0.0876 e. The second kappa shape index (κ2) is 13.4. The summed E-state index contributed by atoms with van der Waals surface area (Å²) in [6, 6.07) is 0. The Balaban J connectivity index is 1.80. The molecule has 0 aromatic rings. The molecule has 1 heteroatoms. The van der Waals surface area contributed by atoms with Gasteiger partial charge in [-0.2, -0.15) is 0 Å². The molecule has 0 amide bonds. The zero-order valence-corrected chi connectivity index (χ0v) is 14.6. The Morgan fingerprint density at radius 1 is 0.667 bits per heavy atom. The number of rotatable bonds is 15. The molecule has 1 nitrogen and oxygen atoms in total. The maximum absolute atomic E-state index is 5.75. The highest BCUT2D eigenvalue weighted by Crippen LogP contribution is 2.30. The number of unbranched alkanes of at least 4 members (excludes halogenated alkanes) is 10. The third-order valence-corrected chi connectivity index (χ3v) is 4.54. The van der Waals surface area contributed by atoms with E-state index in [1.807, 2.05) is 0 Å². The second-order valence-electron chi connectivity index (χ2n) is 6.68. The van der Waals surface area contributed by atoms with Gasteiger partial charge in [-0.15, -0.1) is 0 Å². The van der Waals surface area contributed by atoms with Crippen LogP contribution in [-0.2, 0) is 4.74 Å². The molecule has 1 saturated heterocycles. The molecule has 1 fully saturated rings. The van der Waals surface area contributed by atoms with Crippen LogP contribution in [0.15, 0.2) is 12.2 Å². The van der Waals surface area contributed by atoms with Crippen molar-refractivity contribution in [3.05, 3.63) is 12.2 Å². The van der Waals surface area contributed by atoms with Gasteiger partial charge in [0.1, 0.15) is 0 Å². The lowest BCUT2D eigenvalue weighted by molar-refractivity contribution is 0.358. The van der Waals surface area contributed by atoms with Crippen LogP contribution in [-0.4, -0.2) is 12.2 Å². The van der Waals surface area contributed by atoms with Crippen LogP contribution in [0, 0.1) is 0 Å². The lowest BCUT2D eigenvalue weighted by atomic mass is 10.1. The summed E-state index contributed by atoms with van der Waals surface area (Å²) in [4.78, 5) is 0. The SMILES string of the molecule is CCCCCC=CC[C@@H]1O[C@@H]1CCCCCCCCCC. The van der Waals surface area contributed by atoms with E-state index in [0.29, 0.717) is 12.2 Å². The van der Waals surface area contributed by atoms with Gasteiger partial charge < -0.3 is 4.74 Å². The van der Waals surface area contributed by atoms with Crippen LogP contribution >= 0.6 is 0 Å². The van der Waals surface area contributed by atoms with E-state index in [1.54, 1.807) is 0 Å². The lowest BCUT2D eigenvalue weighted by Gasteiger charge is -2.00. The minimum Gasteiger partial charge on any atom is -0.369 e. The summed E-state index contributed by atoms with van der Waals surface area (Å²) in [7, 11) is 0. The van der Waals surface area contributed by atoms with Gasteiger partial charge in [0.25, 0.3) is 0 Å². The molecule has 1 aliphatic heterocycles. The van der Waals surface area contributed by atoms with Crippen molar-refractivity contribution in [2.24, 2.45) is 0 Å². The highest BCUT2D eigenvalue weighted by Gasteiger charge is 2.36. The van der Waals surface area contributed by atoms with E-state index in [9.17, 15) is 0 Å². The van der Waals surface area contributed by atoms with E-state index in [4.69, 9.17) is 4.74 Å². The Hall–Kier alpha value is -0.300. The summed E-state index contributed by atoms with van der Waals surface area (Å²) in [5.74, 6) is 0. The molecular weight excluding hydrogens is 256 g/mol. The van der Waals surface area contributed by atoms with Crippen LogP contribution < -0.4 is 0 Å². The van der Waals surface area contributed by atoms with Crippen molar-refractivity contribution in [2.75, 3.05) is 0 Å². The molecule has 0 N–H and O–H groups in total. The fourth-order valence-electron chi connectivity index (χ4n) is 2.98. The molecule has 0 bridgehead atoms. The molecule has 0 aromatic carbocycles. The van der Waals surface area contributed by atoms with Crippen molar-refractivity contribution in [1.82, 2.24) is 0 Å². The number of hydrogen-bond donors (Lipinski definition) is 0. The van der Waals surface area contributed by atoms with Crippen molar-refractivity contribution < 1.29 is 4.74 Å². The van der Waals surface area contributed by atoms with Gasteiger partial charge >= 0.3 is 0 Å². The van der Waals surface area contributed by atoms with Crippen LogP contribution in [0.2, 0.25) is 0 Å². The quantitative estimate of drug-likeness (QED) is 0.183. The monoisotopic (exact) mass is 294 g/mol. The molecule has 21 heavy (non-hydrogen) atoms. The van der Waals surface area contributed by atoms with Gasteiger partial charge in [0.2, 0.25) is 0 Å².